The third-order valence-electron chi connectivity index (χ3n) is 6.94. The summed E-state index contributed by atoms with van der Waals surface area (Å²) in [5.41, 5.74) is 0.695. The summed E-state index contributed by atoms with van der Waals surface area (Å²) in [4.78, 5) is 72.6. The van der Waals surface area contributed by atoms with E-state index in [0.29, 0.717) is 16.3 Å². The molecule has 0 saturated carbocycles. The van der Waals surface area contributed by atoms with Crippen LogP contribution in [0.4, 0.5) is 0 Å². The molecule has 10 nitrogen and oxygen atoms in total. The smallest absolute Gasteiger partial charge is 0.268 e. The lowest BCUT2D eigenvalue weighted by atomic mass is 9.90. The Kier molecular flexibility index (Phi) is 18.7. The minimum Gasteiger partial charge on any atom is -0.297 e. The number of hydrogen-bond donors (Lipinski definition) is 0. The van der Waals surface area contributed by atoms with Crippen LogP contribution in [-0.4, -0.2) is 40.4 Å². The van der Waals surface area contributed by atoms with Crippen LogP contribution >= 0.6 is 34.6 Å². The van der Waals surface area contributed by atoms with Crippen LogP contribution in [0.2, 0.25) is 0 Å². The fourth-order valence-electron chi connectivity index (χ4n) is 3.48. The van der Waals surface area contributed by atoms with E-state index in [1.165, 1.54) is 48.6 Å². The molecule has 1 aromatic carbocycles. The van der Waals surface area contributed by atoms with Gasteiger partial charge in [0.15, 0.2) is 28.1 Å². The number of aromatic nitrogens is 4. The highest BCUT2D eigenvalue weighted by Crippen LogP contribution is 2.18. The van der Waals surface area contributed by atoms with Crippen molar-refractivity contribution in [1.82, 2.24) is 17.3 Å². The predicted molar refractivity (Wildman–Crippen MR) is 211 cm³/mol. The number of hydrogen-bond acceptors (Lipinski definition) is 11. The number of carbonyl (C=O) groups excluding carboxylic acids is 4. The molecule has 0 atom stereocenters. The molecule has 3 heterocycles. The quantitative estimate of drug-likeness (QED) is 0.116. The fraction of sp³-hybridized carbons (Fsp3) is 0.526. The highest BCUT2D eigenvalue weighted by atomic mass is 32.1. The summed E-state index contributed by atoms with van der Waals surface area (Å²) in [7, 11) is 0. The van der Waals surface area contributed by atoms with Gasteiger partial charge in [-0.3, -0.25) is 36.7 Å². The molecular formula is C38H54N4O6S3. The summed E-state index contributed by atoms with van der Waals surface area (Å²) in [5.74, 6) is 1.52. The molecule has 0 fully saturated rings. The van der Waals surface area contributed by atoms with Gasteiger partial charge in [-0.05, 0) is 43.6 Å². The number of Topliss-reactive ketones (excluding diaryl/α,β-unsaturated/α-hetero) is 3. The van der Waals surface area contributed by atoms with Gasteiger partial charge in [-0.25, -0.2) is 4.98 Å². The van der Waals surface area contributed by atoms with Crippen molar-refractivity contribution >= 4 is 67.8 Å². The fourth-order valence-corrected chi connectivity index (χ4v) is 6.06. The molecule has 4 rings (SSSR count). The number of allylic oxidation sites excluding steroid dienone is 2. The minimum absolute atomic E-state index is 0.000926. The number of nitrogens with zero attached hydrogens (tertiary/aromatic N) is 4. The second-order valence-corrected chi connectivity index (χ2v) is 17.2. The van der Waals surface area contributed by atoms with Crippen LogP contribution in [0.3, 0.4) is 0 Å². The van der Waals surface area contributed by atoms with Gasteiger partial charge in [-0.2, -0.15) is 4.37 Å². The standard InChI is InChI=1S/C12H13NO2S.C9H14N2OS.C9H16O.C8H11NO2S/c1-8(2)10(14)7-13-12(15)9-5-3-4-6-11(9)16-13;1-5(2)7(12)9-10-8(6(3)4)11-13-9;1-7(2)6-8(10)9(3,4)5;1-6(2)7(10)5-9-8(11)3-4-12-9/h3-6,8H,7H2,1-2H3;5-6H,1-4H3;6H,1-5H3;3-4,6H,5H2,1-2H3. The first-order valence-electron chi connectivity index (χ1n) is 16.9. The van der Waals surface area contributed by atoms with Gasteiger partial charge in [-0.1, -0.05) is 117 Å². The van der Waals surface area contributed by atoms with Gasteiger partial charge in [0.05, 0.1) is 23.2 Å². The van der Waals surface area contributed by atoms with Crippen LogP contribution in [0, 0.1) is 23.2 Å². The third kappa shape index (κ3) is 15.6. The first-order valence-corrected chi connectivity index (χ1v) is 19.3. The van der Waals surface area contributed by atoms with Gasteiger partial charge >= 0.3 is 0 Å². The molecular weight excluding hydrogens is 705 g/mol. The molecule has 13 heteroatoms. The molecule has 51 heavy (non-hydrogen) atoms. The van der Waals surface area contributed by atoms with Crippen molar-refractivity contribution in [1.29, 1.82) is 0 Å². The Hall–Kier alpha value is -3.68. The summed E-state index contributed by atoms with van der Waals surface area (Å²) < 4.78 is 8.06. The van der Waals surface area contributed by atoms with Gasteiger partial charge in [-0.15, -0.1) is 0 Å². The highest BCUT2D eigenvalue weighted by Gasteiger charge is 2.18. The summed E-state index contributed by atoms with van der Waals surface area (Å²) in [6.07, 6.45) is 1.69. The number of rotatable bonds is 10. The highest BCUT2D eigenvalue weighted by molar-refractivity contribution is 7.13. The van der Waals surface area contributed by atoms with E-state index in [-0.39, 0.29) is 70.5 Å². The monoisotopic (exact) mass is 758 g/mol. The Morgan fingerprint density at radius 2 is 1.35 bits per heavy atom. The first kappa shape index (κ1) is 45.3. The van der Waals surface area contributed by atoms with E-state index in [0.717, 1.165) is 16.1 Å². The number of fused-ring (bicyclic) bond motifs is 1. The van der Waals surface area contributed by atoms with Crippen molar-refractivity contribution in [2.45, 2.75) is 109 Å². The molecule has 3 aromatic heterocycles. The van der Waals surface area contributed by atoms with Crippen LogP contribution in [-0.2, 0) is 27.5 Å². The molecule has 0 radical (unpaired) electrons. The molecule has 0 aliphatic carbocycles. The topological polar surface area (TPSA) is 138 Å². The van der Waals surface area contributed by atoms with E-state index >= 15 is 0 Å². The largest absolute Gasteiger partial charge is 0.297 e. The van der Waals surface area contributed by atoms with Gasteiger partial charge < -0.3 is 0 Å². The molecule has 0 aliphatic rings. The number of ketones is 4. The summed E-state index contributed by atoms with van der Waals surface area (Å²) in [6.45, 7) is 25.2. The van der Waals surface area contributed by atoms with Crippen LogP contribution < -0.4 is 11.1 Å². The molecule has 4 aromatic rings. The predicted octanol–water partition coefficient (Wildman–Crippen LogP) is 8.49. The van der Waals surface area contributed by atoms with Crippen molar-refractivity contribution in [2.24, 2.45) is 23.2 Å². The molecule has 0 bridgehead atoms. The van der Waals surface area contributed by atoms with Crippen molar-refractivity contribution in [3.05, 3.63) is 78.9 Å². The molecule has 280 valence electrons. The normalized spacial score (nSPS) is 11.0. The zero-order valence-corrected chi connectivity index (χ0v) is 34.7. The molecule has 0 unspecified atom stereocenters. The van der Waals surface area contributed by atoms with Crippen LogP contribution in [0.5, 0.6) is 0 Å². The van der Waals surface area contributed by atoms with Gasteiger partial charge in [0.25, 0.3) is 11.1 Å². The SMILES string of the molecule is CC(C)=CC(=O)C(C)(C)C.CC(C)C(=O)Cn1sc2ccccc2c1=O.CC(C)C(=O)Cn1sccc1=O.CC(C)C(=O)c1nc(C(C)C)ns1. The zero-order valence-electron chi connectivity index (χ0n) is 32.2. The average Bonchev–Trinajstić information content (AvgIpc) is 3.76. The van der Waals surface area contributed by atoms with E-state index in [9.17, 15) is 28.8 Å². The van der Waals surface area contributed by atoms with Crippen molar-refractivity contribution < 1.29 is 19.2 Å². The molecule has 0 saturated heterocycles. The number of benzene rings is 1. The van der Waals surface area contributed by atoms with Crippen LogP contribution in [0.1, 0.15) is 112 Å². The Bertz CT molecular complexity index is 1890. The Labute approximate surface area is 314 Å². The lowest BCUT2D eigenvalue weighted by molar-refractivity contribution is -0.123. The van der Waals surface area contributed by atoms with Gasteiger partial charge in [0.2, 0.25) is 0 Å². The van der Waals surface area contributed by atoms with E-state index in [1.807, 2.05) is 108 Å². The van der Waals surface area contributed by atoms with Crippen molar-refractivity contribution in [3.63, 3.8) is 0 Å². The maximum Gasteiger partial charge on any atom is 0.268 e. The molecule has 0 N–H and O–H groups in total. The van der Waals surface area contributed by atoms with Crippen molar-refractivity contribution in [2.75, 3.05) is 0 Å². The minimum atomic E-state index is -0.225. The van der Waals surface area contributed by atoms with E-state index in [2.05, 4.69) is 9.36 Å². The maximum atomic E-state index is 11.9. The molecule has 0 aliphatic heterocycles. The molecule has 0 amide bonds. The third-order valence-corrected chi connectivity index (χ3v) is 9.57. The first-order chi connectivity index (χ1) is 23.6. The van der Waals surface area contributed by atoms with Crippen LogP contribution in [0.15, 0.2) is 57.0 Å². The lowest BCUT2D eigenvalue weighted by Gasteiger charge is -2.13. The average molecular weight is 759 g/mol. The summed E-state index contributed by atoms with van der Waals surface area (Å²) in [6, 6.07) is 8.90. The second kappa shape index (κ2) is 21.0. The zero-order chi connectivity index (χ0) is 39.2. The summed E-state index contributed by atoms with van der Waals surface area (Å²) >= 11 is 3.84. The van der Waals surface area contributed by atoms with E-state index in [1.54, 1.807) is 17.5 Å². The lowest BCUT2D eigenvalue weighted by Crippen LogP contribution is -2.21. The van der Waals surface area contributed by atoms with E-state index in [4.69, 9.17) is 0 Å². The second-order valence-electron chi connectivity index (χ2n) is 14.4. The van der Waals surface area contributed by atoms with Crippen LogP contribution in [0.25, 0.3) is 10.1 Å². The number of carbonyl (C=O) groups is 4. The Balaban J connectivity index is 0.000000346. The van der Waals surface area contributed by atoms with E-state index < -0.39 is 0 Å². The summed E-state index contributed by atoms with van der Waals surface area (Å²) in [5, 5.41) is 2.93. The Morgan fingerprint density at radius 3 is 1.75 bits per heavy atom. The Morgan fingerprint density at radius 1 is 0.804 bits per heavy atom. The van der Waals surface area contributed by atoms with Crippen molar-refractivity contribution in [3.8, 4) is 0 Å². The van der Waals surface area contributed by atoms with Gasteiger partial charge in [0, 0.05) is 40.5 Å². The molecule has 0 spiro atoms. The van der Waals surface area contributed by atoms with Gasteiger partial charge in [0.1, 0.15) is 5.82 Å². The maximum absolute atomic E-state index is 11.9.